The van der Waals surface area contributed by atoms with Gasteiger partial charge in [-0.25, -0.2) is 0 Å². The van der Waals surface area contributed by atoms with Crippen molar-refractivity contribution in [1.82, 2.24) is 0 Å². The van der Waals surface area contributed by atoms with Gasteiger partial charge in [0.2, 0.25) is 5.91 Å². The topological polar surface area (TPSA) is 43.1 Å². The van der Waals surface area contributed by atoms with Crippen LogP contribution in [-0.2, 0) is 4.79 Å². The molecule has 0 aromatic heterocycles. The van der Waals surface area contributed by atoms with Crippen molar-refractivity contribution in [2.24, 2.45) is 11.7 Å². The van der Waals surface area contributed by atoms with Gasteiger partial charge in [-0.15, -0.1) is 0 Å². The number of amides is 1. The van der Waals surface area contributed by atoms with Crippen molar-refractivity contribution < 1.29 is 10.3 Å². The van der Waals surface area contributed by atoms with E-state index >= 15 is 0 Å². The third-order valence-corrected chi connectivity index (χ3v) is 0.573. The second kappa shape index (κ2) is 0.965. The van der Waals surface area contributed by atoms with Crippen molar-refractivity contribution >= 4 is 5.91 Å². The first-order chi connectivity index (χ1) is 4.32. The highest BCUT2D eigenvalue weighted by atomic mass is 16.1. The van der Waals surface area contributed by atoms with Gasteiger partial charge in [0.15, 0.2) is 0 Å². The fraction of sp³-hybridized carbons (Fsp3) is 0.750. The second-order valence-electron chi connectivity index (χ2n) is 1.12. The Hall–Kier alpha value is -0.530. The molecule has 1 rings (SSSR count). The molecule has 2 heteroatoms. The summed E-state index contributed by atoms with van der Waals surface area (Å²) in [5.41, 5.74) is 4.73. The van der Waals surface area contributed by atoms with Crippen LogP contribution in [0.1, 0.15) is 18.2 Å². The van der Waals surface area contributed by atoms with Gasteiger partial charge in [0.05, 0.1) is 0 Å². The Labute approximate surface area is 41.9 Å². The maximum atomic E-state index is 10.3. The summed E-state index contributed by atoms with van der Waals surface area (Å²) in [4.78, 5) is 10.3. The Morgan fingerprint density at radius 1 is 2.00 bits per heavy atom. The van der Waals surface area contributed by atoms with Gasteiger partial charge in [0.1, 0.15) is 0 Å². The number of hydrogen-bond acceptors (Lipinski definition) is 1. The molecule has 1 aliphatic rings. The smallest absolute Gasteiger partial charge is 0.220 e. The molecule has 0 bridgehead atoms. The molecule has 1 amide bonds. The molecule has 0 unspecified atom stereocenters. The van der Waals surface area contributed by atoms with Crippen LogP contribution in [0, 0.1) is 5.92 Å². The normalized spacial score (nSPS) is 47.3. The highest BCUT2D eigenvalue weighted by Crippen LogP contribution is 2.27. The highest BCUT2D eigenvalue weighted by Gasteiger charge is 2.26. The van der Waals surface area contributed by atoms with Crippen molar-refractivity contribution in [3.63, 3.8) is 0 Å². The van der Waals surface area contributed by atoms with E-state index in [4.69, 9.17) is 11.2 Å². The average molecular weight is 89.1 g/mol. The molecular weight excluding hydrogens is 78.0 g/mol. The number of carbonyl (C=O) groups excluding carboxylic acids is 1. The van der Waals surface area contributed by atoms with Gasteiger partial charge in [-0.05, 0) is 12.7 Å². The van der Waals surface area contributed by atoms with E-state index in [2.05, 4.69) is 0 Å². The summed E-state index contributed by atoms with van der Waals surface area (Å²) in [5.74, 6) is -2.17. The number of carbonyl (C=O) groups is 1. The zero-order valence-electron chi connectivity index (χ0n) is 7.06. The van der Waals surface area contributed by atoms with Gasteiger partial charge in [0, 0.05) is 11.4 Å². The monoisotopic (exact) mass is 89.1 g/mol. The Bertz CT molecular complexity index is 176. The first kappa shape index (κ1) is 1.22. The molecule has 1 saturated carbocycles. The zero-order valence-corrected chi connectivity index (χ0v) is 3.06. The lowest BCUT2D eigenvalue weighted by Gasteiger charge is -1.77. The largest absolute Gasteiger partial charge is 0.369 e. The molecule has 1 fully saturated rings. The Morgan fingerprint density at radius 2 is 2.50 bits per heavy atom. The molecule has 0 aliphatic heterocycles. The summed E-state index contributed by atoms with van der Waals surface area (Å²) in [7, 11) is 0. The summed E-state index contributed by atoms with van der Waals surface area (Å²) in [6.45, 7) is 0. The van der Waals surface area contributed by atoms with Gasteiger partial charge < -0.3 is 5.73 Å². The SMILES string of the molecule is [2H]C1([2H])C(C(N)=O)C1([2H])[2H]. The third-order valence-electron chi connectivity index (χ3n) is 0.573. The van der Waals surface area contributed by atoms with E-state index in [0.717, 1.165) is 0 Å². The molecule has 0 aromatic carbocycles. The summed E-state index contributed by atoms with van der Waals surface area (Å²) < 4.78 is 27.7. The molecule has 0 atom stereocenters. The molecule has 0 radical (unpaired) electrons. The molecule has 0 heterocycles. The Balaban J connectivity index is 2.81. The molecule has 1 aliphatic carbocycles. The Morgan fingerprint density at radius 3 is 2.50 bits per heavy atom. The van der Waals surface area contributed by atoms with Crippen LogP contribution in [-0.4, -0.2) is 5.91 Å². The van der Waals surface area contributed by atoms with Crippen LogP contribution in [0.25, 0.3) is 0 Å². The van der Waals surface area contributed by atoms with Crippen LogP contribution < -0.4 is 5.73 Å². The average Bonchev–Trinajstić information content (AvgIpc) is 1.97. The molecule has 2 nitrogen and oxygen atoms in total. The van der Waals surface area contributed by atoms with E-state index in [1.807, 2.05) is 0 Å². The van der Waals surface area contributed by atoms with E-state index in [1.165, 1.54) is 0 Å². The van der Waals surface area contributed by atoms with E-state index in [0.29, 0.717) is 0 Å². The third kappa shape index (κ3) is 0.506. The first-order valence-corrected chi connectivity index (χ1v) is 1.61. The predicted octanol–water partition coefficient (Wildman–Crippen LogP) is -0.118. The fourth-order valence-corrected chi connectivity index (χ4v) is 0.184. The van der Waals surface area contributed by atoms with Crippen molar-refractivity contribution in [3.05, 3.63) is 0 Å². The van der Waals surface area contributed by atoms with Crippen LogP contribution >= 0.6 is 0 Å². The first-order valence-electron chi connectivity index (χ1n) is 3.61. The molecule has 0 spiro atoms. The number of nitrogens with two attached hydrogens (primary N) is 1. The summed E-state index contributed by atoms with van der Waals surface area (Å²) in [5, 5.41) is 0. The van der Waals surface area contributed by atoms with Crippen molar-refractivity contribution in [1.29, 1.82) is 0 Å². The molecule has 0 saturated heterocycles. The van der Waals surface area contributed by atoms with E-state index in [1.54, 1.807) is 0 Å². The van der Waals surface area contributed by atoms with Crippen molar-refractivity contribution in [2.45, 2.75) is 12.7 Å². The molecule has 34 valence electrons. The number of rotatable bonds is 1. The minimum atomic E-state index is -2.06. The van der Waals surface area contributed by atoms with Gasteiger partial charge in [-0.2, -0.15) is 0 Å². The lowest BCUT2D eigenvalue weighted by Crippen LogP contribution is -2.11. The lowest BCUT2D eigenvalue weighted by molar-refractivity contribution is -0.119. The minimum absolute atomic E-state index is 0.907. The van der Waals surface area contributed by atoms with Crippen LogP contribution in [0.15, 0.2) is 0 Å². The van der Waals surface area contributed by atoms with E-state index in [-0.39, 0.29) is 0 Å². The maximum Gasteiger partial charge on any atom is 0.220 e. The predicted molar refractivity (Wildman–Crippen MR) is 21.9 cm³/mol. The van der Waals surface area contributed by atoms with Gasteiger partial charge in [-0.3, -0.25) is 4.79 Å². The highest BCUT2D eigenvalue weighted by molar-refractivity contribution is 5.78. The second-order valence-corrected chi connectivity index (χ2v) is 1.12. The minimum Gasteiger partial charge on any atom is -0.369 e. The lowest BCUT2D eigenvalue weighted by atomic mass is 10.4. The summed E-state index contributed by atoms with van der Waals surface area (Å²) in [6, 6.07) is 0. The van der Waals surface area contributed by atoms with Crippen molar-refractivity contribution in [3.8, 4) is 0 Å². The van der Waals surface area contributed by atoms with Crippen LogP contribution in [0.5, 0.6) is 0 Å². The van der Waals surface area contributed by atoms with Crippen LogP contribution in [0.4, 0.5) is 0 Å². The van der Waals surface area contributed by atoms with Gasteiger partial charge in [0.25, 0.3) is 0 Å². The number of hydrogen-bond donors (Lipinski definition) is 1. The fourth-order valence-electron chi connectivity index (χ4n) is 0.184. The molecule has 6 heavy (non-hydrogen) atoms. The standard InChI is InChI=1S/C4H7NO/c5-4(6)3-1-2-3/h3H,1-2H2,(H2,5,6)/i1D2,2D2. The molecular formula is C4H7NO. The van der Waals surface area contributed by atoms with E-state index in [9.17, 15) is 4.79 Å². The van der Waals surface area contributed by atoms with Crippen LogP contribution in [0.3, 0.4) is 0 Å². The zero-order chi connectivity index (χ0) is 8.15. The van der Waals surface area contributed by atoms with Crippen LogP contribution in [0.2, 0.25) is 0 Å². The summed E-state index contributed by atoms with van der Waals surface area (Å²) in [6.07, 6.45) is -4.11. The van der Waals surface area contributed by atoms with Crippen molar-refractivity contribution in [2.75, 3.05) is 0 Å². The van der Waals surface area contributed by atoms with E-state index < -0.39 is 24.6 Å². The quantitative estimate of drug-likeness (QED) is 0.478. The summed E-state index contributed by atoms with van der Waals surface area (Å²) >= 11 is 0. The van der Waals surface area contributed by atoms with Gasteiger partial charge in [-0.1, -0.05) is 0 Å². The Kier molecular flexibility index (Phi) is 0.196. The van der Waals surface area contributed by atoms with Gasteiger partial charge >= 0.3 is 0 Å². The number of primary amides is 1. The molecule has 0 aromatic rings. The molecule has 2 N–H and O–H groups in total. The maximum absolute atomic E-state index is 10.3.